The topological polar surface area (TPSA) is 12.0 Å². The van der Waals surface area contributed by atoms with Crippen molar-refractivity contribution in [3.63, 3.8) is 0 Å². The minimum absolute atomic E-state index is 0.158. The summed E-state index contributed by atoms with van der Waals surface area (Å²) in [5.74, 6) is 0.555. The van der Waals surface area contributed by atoms with Crippen LogP contribution in [-0.2, 0) is 6.42 Å². The van der Waals surface area contributed by atoms with Gasteiger partial charge in [0.1, 0.15) is 5.82 Å². The Morgan fingerprint density at radius 3 is 2.62 bits per heavy atom. The van der Waals surface area contributed by atoms with Gasteiger partial charge in [-0.2, -0.15) is 0 Å². The van der Waals surface area contributed by atoms with E-state index in [1.165, 1.54) is 36.5 Å². The number of rotatable bonds is 5. The third-order valence-electron chi connectivity index (χ3n) is 4.59. The third-order valence-corrected chi connectivity index (χ3v) is 4.59. The molecule has 0 bridgehead atoms. The van der Waals surface area contributed by atoms with Gasteiger partial charge in [-0.25, -0.2) is 4.39 Å². The fraction of sp³-hybridized carbons (Fsp3) is 0.368. The largest absolute Gasteiger partial charge is 0.313 e. The SMILES string of the molecule is CNC(Cc1cccc(F)c1)c1ccccc1C1CCC1. The molecule has 2 aromatic rings. The van der Waals surface area contributed by atoms with Crippen LogP contribution < -0.4 is 5.32 Å². The molecule has 0 aliphatic heterocycles. The van der Waals surface area contributed by atoms with Crippen molar-refractivity contribution in [2.45, 2.75) is 37.6 Å². The lowest BCUT2D eigenvalue weighted by atomic mass is 9.76. The van der Waals surface area contributed by atoms with Crippen LogP contribution in [0.4, 0.5) is 4.39 Å². The molecule has 2 aromatic carbocycles. The maximum Gasteiger partial charge on any atom is 0.123 e. The highest BCUT2D eigenvalue weighted by atomic mass is 19.1. The minimum atomic E-state index is -0.158. The first kappa shape index (κ1) is 14.3. The molecule has 1 saturated carbocycles. The van der Waals surface area contributed by atoms with Gasteiger partial charge in [0.2, 0.25) is 0 Å². The Morgan fingerprint density at radius 2 is 1.95 bits per heavy atom. The van der Waals surface area contributed by atoms with Crippen molar-refractivity contribution in [2.24, 2.45) is 0 Å². The highest BCUT2D eigenvalue weighted by Gasteiger charge is 2.24. The molecule has 1 fully saturated rings. The number of likely N-dealkylation sites (N-methyl/N-ethyl adjacent to an activating group) is 1. The molecule has 0 amide bonds. The standard InChI is InChI=1S/C19H22FN/c1-21-19(13-14-6-4-9-16(20)12-14)18-11-3-2-10-17(18)15-7-5-8-15/h2-4,6,9-12,15,19,21H,5,7-8,13H2,1H3. The molecule has 0 spiro atoms. The van der Waals surface area contributed by atoms with Crippen LogP contribution in [0.25, 0.3) is 0 Å². The first-order chi connectivity index (χ1) is 10.3. The molecule has 3 rings (SSSR count). The van der Waals surface area contributed by atoms with Crippen LogP contribution >= 0.6 is 0 Å². The molecular weight excluding hydrogens is 261 g/mol. The summed E-state index contributed by atoms with van der Waals surface area (Å²) < 4.78 is 13.4. The fourth-order valence-corrected chi connectivity index (χ4v) is 3.19. The van der Waals surface area contributed by atoms with Gasteiger partial charge in [-0.05, 0) is 61.1 Å². The monoisotopic (exact) mass is 283 g/mol. The number of benzene rings is 2. The van der Waals surface area contributed by atoms with E-state index in [4.69, 9.17) is 0 Å². The Balaban J connectivity index is 1.86. The lowest BCUT2D eigenvalue weighted by Gasteiger charge is -2.30. The van der Waals surface area contributed by atoms with Crippen molar-refractivity contribution in [3.8, 4) is 0 Å². The average Bonchev–Trinajstić information content (AvgIpc) is 2.44. The summed E-state index contributed by atoms with van der Waals surface area (Å²) in [6.45, 7) is 0. The maximum atomic E-state index is 13.4. The van der Waals surface area contributed by atoms with Gasteiger partial charge in [-0.3, -0.25) is 0 Å². The van der Waals surface area contributed by atoms with E-state index in [1.54, 1.807) is 12.1 Å². The maximum absolute atomic E-state index is 13.4. The number of hydrogen-bond donors (Lipinski definition) is 1. The van der Waals surface area contributed by atoms with Gasteiger partial charge in [0, 0.05) is 6.04 Å². The summed E-state index contributed by atoms with van der Waals surface area (Å²) in [7, 11) is 1.99. The molecule has 1 N–H and O–H groups in total. The molecule has 0 aromatic heterocycles. The van der Waals surface area contributed by atoms with Crippen molar-refractivity contribution in [1.29, 1.82) is 0 Å². The molecule has 1 aliphatic rings. The van der Waals surface area contributed by atoms with Crippen molar-refractivity contribution >= 4 is 0 Å². The van der Waals surface area contributed by atoms with Gasteiger partial charge in [0.15, 0.2) is 0 Å². The summed E-state index contributed by atoms with van der Waals surface area (Å²) in [6, 6.07) is 15.9. The van der Waals surface area contributed by atoms with Crippen molar-refractivity contribution in [3.05, 3.63) is 71.0 Å². The second-order valence-electron chi connectivity index (χ2n) is 5.93. The molecule has 2 heteroatoms. The van der Waals surface area contributed by atoms with E-state index in [0.29, 0.717) is 5.92 Å². The molecule has 1 nitrogen and oxygen atoms in total. The molecule has 0 radical (unpaired) electrons. The Labute approximate surface area is 126 Å². The summed E-state index contributed by atoms with van der Waals surface area (Å²) in [4.78, 5) is 0. The molecule has 1 aliphatic carbocycles. The zero-order valence-corrected chi connectivity index (χ0v) is 12.5. The van der Waals surface area contributed by atoms with E-state index in [2.05, 4.69) is 29.6 Å². The van der Waals surface area contributed by atoms with E-state index >= 15 is 0 Å². The molecule has 1 unspecified atom stereocenters. The molecule has 0 heterocycles. The molecule has 21 heavy (non-hydrogen) atoms. The zero-order chi connectivity index (χ0) is 14.7. The van der Waals surface area contributed by atoms with Gasteiger partial charge in [0.25, 0.3) is 0 Å². The van der Waals surface area contributed by atoms with Crippen LogP contribution in [0.3, 0.4) is 0 Å². The van der Waals surface area contributed by atoms with E-state index < -0.39 is 0 Å². The van der Waals surface area contributed by atoms with E-state index in [9.17, 15) is 4.39 Å². The Bertz CT molecular complexity index is 604. The van der Waals surface area contributed by atoms with Gasteiger partial charge >= 0.3 is 0 Å². The molecule has 110 valence electrons. The van der Waals surface area contributed by atoms with Crippen molar-refractivity contribution < 1.29 is 4.39 Å². The normalized spacial score (nSPS) is 16.5. The minimum Gasteiger partial charge on any atom is -0.313 e. The predicted octanol–water partition coefficient (Wildman–Crippen LogP) is 4.60. The Hall–Kier alpha value is -1.67. The Morgan fingerprint density at radius 1 is 1.14 bits per heavy atom. The van der Waals surface area contributed by atoms with E-state index in [0.717, 1.165) is 12.0 Å². The highest BCUT2D eigenvalue weighted by Crippen LogP contribution is 2.39. The Kier molecular flexibility index (Phi) is 4.35. The second kappa shape index (κ2) is 6.40. The third kappa shape index (κ3) is 3.16. The molecular formula is C19H22FN. The smallest absolute Gasteiger partial charge is 0.123 e. The van der Waals surface area contributed by atoms with E-state index in [1.807, 2.05) is 13.1 Å². The van der Waals surface area contributed by atoms with Gasteiger partial charge in [-0.1, -0.05) is 42.8 Å². The average molecular weight is 283 g/mol. The lowest BCUT2D eigenvalue weighted by Crippen LogP contribution is -2.22. The predicted molar refractivity (Wildman–Crippen MR) is 84.9 cm³/mol. The zero-order valence-electron chi connectivity index (χ0n) is 12.5. The summed E-state index contributed by atoms with van der Waals surface area (Å²) >= 11 is 0. The van der Waals surface area contributed by atoms with Crippen molar-refractivity contribution in [2.75, 3.05) is 7.05 Å². The summed E-state index contributed by atoms with van der Waals surface area (Å²) in [5.41, 5.74) is 3.88. The van der Waals surface area contributed by atoms with Crippen LogP contribution in [0, 0.1) is 5.82 Å². The van der Waals surface area contributed by atoms with Crippen LogP contribution in [-0.4, -0.2) is 7.05 Å². The number of hydrogen-bond acceptors (Lipinski definition) is 1. The quantitative estimate of drug-likeness (QED) is 0.846. The fourth-order valence-electron chi connectivity index (χ4n) is 3.19. The summed E-state index contributed by atoms with van der Waals surface area (Å²) in [5, 5.41) is 3.41. The lowest BCUT2D eigenvalue weighted by molar-refractivity contribution is 0.412. The van der Waals surface area contributed by atoms with Crippen LogP contribution in [0.5, 0.6) is 0 Å². The van der Waals surface area contributed by atoms with E-state index in [-0.39, 0.29) is 11.9 Å². The highest BCUT2D eigenvalue weighted by molar-refractivity contribution is 5.35. The summed E-state index contributed by atoms with van der Waals surface area (Å²) in [6.07, 6.45) is 4.76. The first-order valence-corrected chi connectivity index (χ1v) is 7.78. The molecule has 1 atom stereocenters. The molecule has 0 saturated heterocycles. The number of halogens is 1. The van der Waals surface area contributed by atoms with Crippen molar-refractivity contribution in [1.82, 2.24) is 5.32 Å². The van der Waals surface area contributed by atoms with Crippen LogP contribution in [0.2, 0.25) is 0 Å². The first-order valence-electron chi connectivity index (χ1n) is 7.78. The second-order valence-corrected chi connectivity index (χ2v) is 5.93. The van der Waals surface area contributed by atoms with Gasteiger partial charge in [0.05, 0.1) is 0 Å². The number of nitrogens with one attached hydrogen (secondary N) is 1. The van der Waals surface area contributed by atoms with Crippen LogP contribution in [0.15, 0.2) is 48.5 Å². The van der Waals surface area contributed by atoms with Gasteiger partial charge in [-0.15, -0.1) is 0 Å². The van der Waals surface area contributed by atoms with Gasteiger partial charge < -0.3 is 5.32 Å². The van der Waals surface area contributed by atoms with Crippen LogP contribution in [0.1, 0.15) is 47.9 Å².